The summed E-state index contributed by atoms with van der Waals surface area (Å²) >= 11 is 0. The van der Waals surface area contributed by atoms with Gasteiger partial charge in [0.25, 0.3) is 5.91 Å². The predicted octanol–water partition coefficient (Wildman–Crippen LogP) is 0.857. The molecule has 2 rings (SSSR count). The molecule has 0 saturated carbocycles. The summed E-state index contributed by atoms with van der Waals surface area (Å²) in [5.74, 6) is -0.952. The van der Waals surface area contributed by atoms with Gasteiger partial charge >= 0.3 is 5.97 Å². The Hall–Kier alpha value is -2.37. The number of rotatable bonds is 6. The van der Waals surface area contributed by atoms with Crippen LogP contribution in [0.3, 0.4) is 0 Å². The van der Waals surface area contributed by atoms with Gasteiger partial charge in [-0.15, -0.1) is 0 Å². The van der Waals surface area contributed by atoms with Gasteiger partial charge in [-0.1, -0.05) is 30.3 Å². The van der Waals surface area contributed by atoms with Gasteiger partial charge in [0.05, 0.1) is 0 Å². The fraction of sp³-hybridized carbons (Fsp3) is 0.438. The lowest BCUT2D eigenvalue weighted by atomic mass is 10.2. The molecule has 1 saturated heterocycles. The Labute approximate surface area is 129 Å². The largest absolute Gasteiger partial charge is 0.454 e. The normalized spacial score (nSPS) is 17.0. The van der Waals surface area contributed by atoms with E-state index in [1.165, 1.54) is 0 Å². The van der Waals surface area contributed by atoms with E-state index in [2.05, 4.69) is 5.32 Å². The molecule has 1 fully saturated rings. The van der Waals surface area contributed by atoms with E-state index < -0.39 is 12.0 Å². The Morgan fingerprint density at radius 2 is 2.05 bits per heavy atom. The van der Waals surface area contributed by atoms with E-state index in [0.29, 0.717) is 25.9 Å². The molecule has 1 aliphatic rings. The Morgan fingerprint density at radius 3 is 2.64 bits per heavy atom. The van der Waals surface area contributed by atoms with E-state index in [9.17, 15) is 14.4 Å². The molecule has 1 aromatic rings. The standard InChI is InChI=1S/C16H20N2O4/c1-2-18(10-12-6-4-3-5-7-12)15(20)11-22-16(21)13-8-9-14(19)17-13/h3-7,13H,2,8-11H2,1H3,(H,17,19)/t13-/m1/s1. The number of esters is 1. The van der Waals surface area contributed by atoms with Crippen molar-refractivity contribution in [3.8, 4) is 0 Å². The monoisotopic (exact) mass is 304 g/mol. The average molecular weight is 304 g/mol. The number of nitrogens with one attached hydrogen (secondary N) is 1. The molecule has 1 aromatic carbocycles. The number of ether oxygens (including phenoxy) is 1. The summed E-state index contributed by atoms with van der Waals surface area (Å²) in [5.41, 5.74) is 1.02. The van der Waals surface area contributed by atoms with Gasteiger partial charge < -0.3 is 15.0 Å². The molecule has 1 aliphatic heterocycles. The molecule has 0 radical (unpaired) electrons. The minimum atomic E-state index is -0.621. The maximum atomic E-state index is 12.1. The summed E-state index contributed by atoms with van der Waals surface area (Å²) in [7, 11) is 0. The Morgan fingerprint density at radius 1 is 1.32 bits per heavy atom. The minimum absolute atomic E-state index is 0.160. The summed E-state index contributed by atoms with van der Waals surface area (Å²) in [6.45, 7) is 2.59. The van der Waals surface area contributed by atoms with Crippen molar-refractivity contribution in [3.05, 3.63) is 35.9 Å². The van der Waals surface area contributed by atoms with Gasteiger partial charge in [0, 0.05) is 19.5 Å². The Bertz CT molecular complexity index is 544. The van der Waals surface area contributed by atoms with Crippen LogP contribution in [0.5, 0.6) is 0 Å². The van der Waals surface area contributed by atoms with E-state index in [0.717, 1.165) is 5.56 Å². The molecule has 118 valence electrons. The van der Waals surface area contributed by atoms with Crippen LogP contribution in [0.4, 0.5) is 0 Å². The second kappa shape index (κ2) is 7.59. The van der Waals surface area contributed by atoms with E-state index in [-0.39, 0.29) is 18.4 Å². The first-order valence-electron chi connectivity index (χ1n) is 7.38. The minimum Gasteiger partial charge on any atom is -0.454 e. The molecule has 0 unspecified atom stereocenters. The number of benzene rings is 1. The van der Waals surface area contributed by atoms with Crippen LogP contribution in [-0.2, 0) is 25.7 Å². The quantitative estimate of drug-likeness (QED) is 0.791. The van der Waals surface area contributed by atoms with Crippen molar-refractivity contribution in [2.75, 3.05) is 13.2 Å². The third-order valence-electron chi connectivity index (χ3n) is 3.57. The molecule has 6 heteroatoms. The van der Waals surface area contributed by atoms with Crippen LogP contribution < -0.4 is 5.32 Å². The molecule has 1 N–H and O–H groups in total. The molecular formula is C16H20N2O4. The lowest BCUT2D eigenvalue weighted by Gasteiger charge is -2.21. The van der Waals surface area contributed by atoms with Gasteiger partial charge in [-0.2, -0.15) is 0 Å². The lowest BCUT2D eigenvalue weighted by molar-refractivity contribution is -0.153. The number of carbonyl (C=O) groups is 3. The van der Waals surface area contributed by atoms with Crippen LogP contribution in [0.15, 0.2) is 30.3 Å². The van der Waals surface area contributed by atoms with Crippen LogP contribution in [0.25, 0.3) is 0 Å². The highest BCUT2D eigenvalue weighted by Gasteiger charge is 2.29. The van der Waals surface area contributed by atoms with Crippen molar-refractivity contribution in [1.82, 2.24) is 10.2 Å². The molecule has 0 bridgehead atoms. The number of nitrogens with zero attached hydrogens (tertiary/aromatic N) is 1. The summed E-state index contributed by atoms with van der Waals surface area (Å²) in [6, 6.07) is 9.00. The highest BCUT2D eigenvalue weighted by atomic mass is 16.5. The van der Waals surface area contributed by atoms with Gasteiger partial charge in [0.1, 0.15) is 6.04 Å². The summed E-state index contributed by atoms with van der Waals surface area (Å²) in [5, 5.41) is 2.52. The van der Waals surface area contributed by atoms with Crippen LogP contribution in [-0.4, -0.2) is 41.9 Å². The molecule has 1 atom stereocenters. The highest BCUT2D eigenvalue weighted by Crippen LogP contribution is 2.09. The SMILES string of the molecule is CCN(Cc1ccccc1)C(=O)COC(=O)[C@H]1CCC(=O)N1. The molecule has 22 heavy (non-hydrogen) atoms. The van der Waals surface area contributed by atoms with Gasteiger partial charge in [0.15, 0.2) is 6.61 Å². The molecule has 0 aromatic heterocycles. The zero-order valence-electron chi connectivity index (χ0n) is 12.6. The zero-order chi connectivity index (χ0) is 15.9. The predicted molar refractivity (Wildman–Crippen MR) is 79.7 cm³/mol. The number of hydrogen-bond donors (Lipinski definition) is 1. The first-order chi connectivity index (χ1) is 10.6. The number of hydrogen-bond acceptors (Lipinski definition) is 4. The molecule has 0 spiro atoms. The summed E-state index contributed by atoms with van der Waals surface area (Å²) in [6.07, 6.45) is 0.746. The molecule has 0 aliphatic carbocycles. The fourth-order valence-electron chi connectivity index (χ4n) is 2.30. The van der Waals surface area contributed by atoms with Crippen LogP contribution in [0.1, 0.15) is 25.3 Å². The van der Waals surface area contributed by atoms with Crippen molar-refractivity contribution in [2.45, 2.75) is 32.4 Å². The second-order valence-corrected chi connectivity index (χ2v) is 5.16. The summed E-state index contributed by atoms with van der Waals surface area (Å²) in [4.78, 5) is 36.6. The smallest absolute Gasteiger partial charge is 0.329 e. The number of amides is 2. The lowest BCUT2D eigenvalue weighted by Crippen LogP contribution is -2.38. The van der Waals surface area contributed by atoms with Gasteiger partial charge in [-0.05, 0) is 18.9 Å². The topological polar surface area (TPSA) is 75.7 Å². The Balaban J connectivity index is 1.82. The van der Waals surface area contributed by atoms with Gasteiger partial charge in [-0.25, -0.2) is 4.79 Å². The molecular weight excluding hydrogens is 284 g/mol. The average Bonchev–Trinajstić information content (AvgIpc) is 2.97. The molecule has 6 nitrogen and oxygen atoms in total. The second-order valence-electron chi connectivity index (χ2n) is 5.16. The maximum Gasteiger partial charge on any atom is 0.329 e. The van der Waals surface area contributed by atoms with Crippen LogP contribution >= 0.6 is 0 Å². The first-order valence-corrected chi connectivity index (χ1v) is 7.38. The Kier molecular flexibility index (Phi) is 5.52. The maximum absolute atomic E-state index is 12.1. The van der Waals surface area contributed by atoms with E-state index in [4.69, 9.17) is 4.74 Å². The van der Waals surface area contributed by atoms with Crippen LogP contribution in [0, 0.1) is 0 Å². The summed E-state index contributed by atoms with van der Waals surface area (Å²) < 4.78 is 5.01. The van der Waals surface area contributed by atoms with Crippen molar-refractivity contribution < 1.29 is 19.1 Å². The third-order valence-corrected chi connectivity index (χ3v) is 3.57. The fourth-order valence-corrected chi connectivity index (χ4v) is 2.30. The highest BCUT2D eigenvalue weighted by molar-refractivity contribution is 5.89. The van der Waals surface area contributed by atoms with Crippen molar-refractivity contribution in [1.29, 1.82) is 0 Å². The van der Waals surface area contributed by atoms with E-state index in [1.807, 2.05) is 37.3 Å². The van der Waals surface area contributed by atoms with Crippen LogP contribution in [0.2, 0.25) is 0 Å². The van der Waals surface area contributed by atoms with Crippen molar-refractivity contribution >= 4 is 17.8 Å². The van der Waals surface area contributed by atoms with Gasteiger partial charge in [-0.3, -0.25) is 9.59 Å². The molecule has 1 heterocycles. The van der Waals surface area contributed by atoms with E-state index >= 15 is 0 Å². The third kappa shape index (κ3) is 4.31. The van der Waals surface area contributed by atoms with Gasteiger partial charge in [0.2, 0.25) is 5.91 Å². The van der Waals surface area contributed by atoms with E-state index in [1.54, 1.807) is 4.90 Å². The number of carbonyl (C=O) groups excluding carboxylic acids is 3. The first kappa shape index (κ1) is 16.0. The van der Waals surface area contributed by atoms with Crippen molar-refractivity contribution in [2.24, 2.45) is 0 Å². The van der Waals surface area contributed by atoms with Crippen molar-refractivity contribution in [3.63, 3.8) is 0 Å². The molecule has 2 amide bonds. The zero-order valence-corrected chi connectivity index (χ0v) is 12.6. The number of likely N-dealkylation sites (N-methyl/N-ethyl adjacent to an activating group) is 1.